The largest absolute Gasteiger partial charge is 0.322 e. The van der Waals surface area contributed by atoms with Crippen molar-refractivity contribution in [1.82, 2.24) is 15.2 Å². The van der Waals surface area contributed by atoms with Crippen molar-refractivity contribution in [3.63, 3.8) is 0 Å². The number of aliphatic imine (C=N–C) groups is 1. The van der Waals surface area contributed by atoms with Crippen molar-refractivity contribution >= 4 is 11.6 Å². The molecule has 0 aliphatic rings. The zero-order chi connectivity index (χ0) is 9.84. The molecule has 72 valence electrons. The van der Waals surface area contributed by atoms with Crippen LogP contribution in [0.5, 0.6) is 0 Å². The lowest BCUT2D eigenvalue weighted by atomic mass is 10.4. The first-order valence-electron chi connectivity index (χ1n) is 3.88. The second-order valence-corrected chi connectivity index (χ2v) is 2.64. The van der Waals surface area contributed by atoms with Gasteiger partial charge in [-0.2, -0.15) is 5.10 Å². The van der Waals surface area contributed by atoms with Crippen LogP contribution in [0, 0.1) is 6.92 Å². The number of guanidine groups is 1. The lowest BCUT2D eigenvalue weighted by Gasteiger charge is -2.05. The Hall–Kier alpha value is -1.56. The lowest BCUT2D eigenvalue weighted by molar-refractivity contribution is 0.756. The molecule has 1 aromatic rings. The predicted molar refractivity (Wildman–Crippen MR) is 52.2 cm³/mol. The molecular weight excluding hydrogens is 168 g/mol. The summed E-state index contributed by atoms with van der Waals surface area (Å²) in [7, 11) is 3.50. The Kier molecular flexibility index (Phi) is 2.86. The van der Waals surface area contributed by atoms with Gasteiger partial charge in [-0.15, -0.1) is 0 Å². The summed E-state index contributed by atoms with van der Waals surface area (Å²) in [6, 6.07) is 0. The zero-order valence-corrected chi connectivity index (χ0v) is 8.00. The number of nitrogens with zero attached hydrogens (tertiary/aromatic N) is 3. The maximum absolute atomic E-state index is 5.22. The maximum Gasteiger partial charge on any atom is 0.210 e. The van der Waals surface area contributed by atoms with E-state index < -0.39 is 0 Å². The summed E-state index contributed by atoms with van der Waals surface area (Å²) < 4.78 is 1.72. The third kappa shape index (κ3) is 2.19. The number of hydrazine groups is 1. The number of anilines is 1. The third-order valence-corrected chi connectivity index (χ3v) is 1.63. The van der Waals surface area contributed by atoms with E-state index in [-0.39, 0.29) is 0 Å². The van der Waals surface area contributed by atoms with Gasteiger partial charge in [0.25, 0.3) is 0 Å². The van der Waals surface area contributed by atoms with Crippen LogP contribution in [-0.2, 0) is 7.05 Å². The Balaban J connectivity index is 2.79. The van der Waals surface area contributed by atoms with Crippen LogP contribution < -0.4 is 16.6 Å². The van der Waals surface area contributed by atoms with Gasteiger partial charge < -0.3 is 5.32 Å². The Morgan fingerprint density at radius 3 is 2.77 bits per heavy atom. The number of nitrogens with two attached hydrogens (primary N) is 1. The molecule has 0 atom stereocenters. The molecule has 6 heteroatoms. The van der Waals surface area contributed by atoms with E-state index in [0.717, 1.165) is 11.4 Å². The van der Waals surface area contributed by atoms with Crippen LogP contribution in [0.3, 0.4) is 0 Å². The Morgan fingerprint density at radius 1 is 1.69 bits per heavy atom. The summed E-state index contributed by atoms with van der Waals surface area (Å²) in [6.07, 6.45) is 1.86. The second-order valence-electron chi connectivity index (χ2n) is 2.64. The van der Waals surface area contributed by atoms with Crippen LogP contribution in [0.4, 0.5) is 5.69 Å². The maximum atomic E-state index is 5.22. The molecule has 0 spiro atoms. The minimum absolute atomic E-state index is 0.510. The Labute approximate surface area is 76.8 Å². The fourth-order valence-corrected chi connectivity index (χ4v) is 1.01. The first kappa shape index (κ1) is 9.53. The van der Waals surface area contributed by atoms with Gasteiger partial charge in [0.1, 0.15) is 0 Å². The van der Waals surface area contributed by atoms with Gasteiger partial charge in [0, 0.05) is 20.3 Å². The SMILES string of the molecule is CN=C(NN)Nc1cn(C)nc1C. The fourth-order valence-electron chi connectivity index (χ4n) is 1.01. The number of hydrogen-bond acceptors (Lipinski definition) is 3. The van der Waals surface area contributed by atoms with Crippen molar-refractivity contribution in [3.05, 3.63) is 11.9 Å². The molecule has 0 radical (unpaired) electrons. The van der Waals surface area contributed by atoms with Gasteiger partial charge in [0.05, 0.1) is 11.4 Å². The fraction of sp³-hybridized carbons (Fsp3) is 0.429. The van der Waals surface area contributed by atoms with Gasteiger partial charge in [0.15, 0.2) is 0 Å². The summed E-state index contributed by atoms with van der Waals surface area (Å²) in [6.45, 7) is 1.91. The first-order chi connectivity index (χ1) is 6.17. The highest BCUT2D eigenvalue weighted by atomic mass is 15.3. The van der Waals surface area contributed by atoms with Gasteiger partial charge >= 0.3 is 0 Å². The molecule has 6 nitrogen and oxygen atoms in total. The second kappa shape index (κ2) is 3.90. The molecule has 0 aliphatic heterocycles. The number of rotatable bonds is 1. The molecule has 0 unspecified atom stereocenters. The minimum atomic E-state index is 0.510. The van der Waals surface area contributed by atoms with E-state index in [1.807, 2.05) is 20.2 Å². The number of nitrogens with one attached hydrogen (secondary N) is 2. The topological polar surface area (TPSA) is 80.3 Å². The average molecular weight is 182 g/mol. The molecule has 0 saturated heterocycles. The monoisotopic (exact) mass is 182 g/mol. The smallest absolute Gasteiger partial charge is 0.210 e. The van der Waals surface area contributed by atoms with E-state index >= 15 is 0 Å². The predicted octanol–water partition coefficient (Wildman–Crippen LogP) is -0.410. The minimum Gasteiger partial charge on any atom is -0.322 e. The molecule has 0 amide bonds. The first-order valence-corrected chi connectivity index (χ1v) is 3.88. The van der Waals surface area contributed by atoms with Gasteiger partial charge in [-0.3, -0.25) is 15.1 Å². The normalized spacial score (nSPS) is 11.5. The van der Waals surface area contributed by atoms with Gasteiger partial charge in [-0.05, 0) is 6.92 Å². The van der Waals surface area contributed by atoms with Crippen LogP contribution in [0.1, 0.15) is 5.69 Å². The molecule has 0 fully saturated rings. The molecule has 13 heavy (non-hydrogen) atoms. The van der Waals surface area contributed by atoms with E-state index in [9.17, 15) is 0 Å². The zero-order valence-electron chi connectivity index (χ0n) is 8.00. The molecule has 4 N–H and O–H groups in total. The van der Waals surface area contributed by atoms with E-state index in [2.05, 4.69) is 20.8 Å². The van der Waals surface area contributed by atoms with Crippen molar-refractivity contribution in [2.45, 2.75) is 6.92 Å². The van der Waals surface area contributed by atoms with Gasteiger partial charge in [-0.25, -0.2) is 5.84 Å². The van der Waals surface area contributed by atoms with Crippen molar-refractivity contribution in [2.24, 2.45) is 17.9 Å². The summed E-state index contributed by atoms with van der Waals surface area (Å²) in [5.41, 5.74) is 4.23. The Morgan fingerprint density at radius 2 is 2.38 bits per heavy atom. The van der Waals surface area contributed by atoms with Crippen LogP contribution in [0.25, 0.3) is 0 Å². The molecule has 0 bridgehead atoms. The highest BCUT2D eigenvalue weighted by Gasteiger charge is 2.03. The van der Waals surface area contributed by atoms with Crippen LogP contribution in [-0.4, -0.2) is 22.8 Å². The summed E-state index contributed by atoms with van der Waals surface area (Å²) in [5, 5.41) is 7.16. The average Bonchev–Trinajstić information content (AvgIpc) is 2.41. The number of aryl methyl sites for hydroxylation is 2. The van der Waals surface area contributed by atoms with E-state index in [0.29, 0.717) is 5.96 Å². The lowest BCUT2D eigenvalue weighted by Crippen LogP contribution is -2.36. The van der Waals surface area contributed by atoms with Crippen molar-refractivity contribution in [3.8, 4) is 0 Å². The highest BCUT2D eigenvalue weighted by Crippen LogP contribution is 2.10. The van der Waals surface area contributed by atoms with Crippen molar-refractivity contribution < 1.29 is 0 Å². The van der Waals surface area contributed by atoms with Crippen molar-refractivity contribution in [1.29, 1.82) is 0 Å². The molecule has 1 aromatic heterocycles. The number of hydrogen-bond donors (Lipinski definition) is 3. The van der Waals surface area contributed by atoms with Crippen molar-refractivity contribution in [2.75, 3.05) is 12.4 Å². The molecular formula is C7H14N6. The van der Waals surface area contributed by atoms with Gasteiger partial charge in [0.2, 0.25) is 5.96 Å². The summed E-state index contributed by atoms with van der Waals surface area (Å²) in [4.78, 5) is 3.88. The molecule has 0 saturated carbocycles. The van der Waals surface area contributed by atoms with E-state index in [1.165, 1.54) is 0 Å². The molecule has 0 aromatic carbocycles. The summed E-state index contributed by atoms with van der Waals surface area (Å²) in [5.74, 6) is 5.73. The molecule has 0 aliphatic carbocycles. The van der Waals surface area contributed by atoms with Gasteiger partial charge in [-0.1, -0.05) is 0 Å². The standard InChI is InChI=1S/C7H14N6/c1-5-6(4-13(3)12-5)10-7(9-2)11-8/h4H,8H2,1-3H3,(H2,9,10,11). The quantitative estimate of drug-likeness (QED) is 0.239. The highest BCUT2D eigenvalue weighted by molar-refractivity contribution is 5.93. The van der Waals surface area contributed by atoms with E-state index in [1.54, 1.807) is 11.7 Å². The van der Waals surface area contributed by atoms with Crippen LogP contribution >= 0.6 is 0 Å². The Bertz CT molecular complexity index is 313. The molecule has 1 rings (SSSR count). The third-order valence-electron chi connectivity index (χ3n) is 1.63. The van der Waals surface area contributed by atoms with Crippen LogP contribution in [0.2, 0.25) is 0 Å². The number of aromatic nitrogens is 2. The van der Waals surface area contributed by atoms with E-state index in [4.69, 9.17) is 5.84 Å². The molecule has 1 heterocycles. The van der Waals surface area contributed by atoms with Crippen LogP contribution in [0.15, 0.2) is 11.2 Å². The summed E-state index contributed by atoms with van der Waals surface area (Å²) >= 11 is 0.